The van der Waals surface area contributed by atoms with Crippen LogP contribution in [0.1, 0.15) is 48.2 Å². The summed E-state index contributed by atoms with van der Waals surface area (Å²) < 4.78 is 11.4. The first-order valence-electron chi connectivity index (χ1n) is 10.3. The van der Waals surface area contributed by atoms with Gasteiger partial charge in [0.1, 0.15) is 17.2 Å². The maximum Gasteiger partial charge on any atom is 0.231 e. The molecule has 4 rings (SSSR count). The second kappa shape index (κ2) is 8.29. The molecule has 1 saturated heterocycles. The van der Waals surface area contributed by atoms with E-state index in [0.29, 0.717) is 35.9 Å². The van der Waals surface area contributed by atoms with E-state index in [2.05, 4.69) is 11.8 Å². The van der Waals surface area contributed by atoms with Crippen LogP contribution in [-0.2, 0) is 6.54 Å². The van der Waals surface area contributed by atoms with Gasteiger partial charge in [-0.15, -0.1) is 0 Å². The third kappa shape index (κ3) is 4.15. The second-order valence-corrected chi connectivity index (χ2v) is 7.86. The first-order chi connectivity index (χ1) is 14.0. The molecule has 1 fully saturated rings. The van der Waals surface area contributed by atoms with Gasteiger partial charge in [-0.25, -0.2) is 0 Å². The lowest BCUT2D eigenvalue weighted by molar-refractivity contribution is 0.101. The molecular formula is C24H27NO4. The molecule has 2 aliphatic rings. The average Bonchev–Trinajstić information content (AvgIpc) is 3.02. The van der Waals surface area contributed by atoms with E-state index in [-0.39, 0.29) is 17.3 Å². The minimum absolute atomic E-state index is 0.151. The highest BCUT2D eigenvalue weighted by atomic mass is 16.5. The van der Waals surface area contributed by atoms with E-state index in [1.54, 1.807) is 18.2 Å². The molecule has 0 amide bonds. The maximum atomic E-state index is 12.9. The first kappa shape index (κ1) is 19.5. The lowest BCUT2D eigenvalue weighted by Crippen LogP contribution is -2.33. The quantitative estimate of drug-likeness (QED) is 0.750. The third-order valence-electron chi connectivity index (χ3n) is 5.53. The fourth-order valence-corrected chi connectivity index (χ4v) is 4.08. The number of aromatic hydroxyl groups is 1. The van der Waals surface area contributed by atoms with Crippen LogP contribution in [0, 0.1) is 5.92 Å². The lowest BCUT2D eigenvalue weighted by Gasteiger charge is -2.31. The van der Waals surface area contributed by atoms with Gasteiger partial charge in [-0.2, -0.15) is 0 Å². The molecule has 2 aliphatic heterocycles. The normalized spacial score (nSPS) is 20.6. The molecular weight excluding hydrogens is 366 g/mol. The van der Waals surface area contributed by atoms with Crippen LogP contribution in [0.25, 0.3) is 6.08 Å². The number of phenolic OH excluding ortho intramolecular Hbond substituents is 1. The van der Waals surface area contributed by atoms with Crippen LogP contribution >= 0.6 is 0 Å². The Morgan fingerprint density at radius 1 is 1.24 bits per heavy atom. The van der Waals surface area contributed by atoms with Crippen molar-refractivity contribution in [1.29, 1.82) is 0 Å². The van der Waals surface area contributed by atoms with Crippen LogP contribution < -0.4 is 9.47 Å². The van der Waals surface area contributed by atoms with E-state index in [9.17, 15) is 9.90 Å². The van der Waals surface area contributed by atoms with Crippen LogP contribution in [0.15, 0.2) is 42.2 Å². The first-order valence-corrected chi connectivity index (χ1v) is 10.3. The van der Waals surface area contributed by atoms with Crippen molar-refractivity contribution in [2.24, 2.45) is 5.92 Å². The van der Waals surface area contributed by atoms with Crippen LogP contribution in [0.5, 0.6) is 17.2 Å². The minimum atomic E-state index is -0.151. The predicted molar refractivity (Wildman–Crippen MR) is 112 cm³/mol. The highest BCUT2D eigenvalue weighted by Gasteiger charge is 2.32. The van der Waals surface area contributed by atoms with E-state index in [1.165, 1.54) is 6.42 Å². The number of Topliss-reactive ketones (excluding diaryl/α,β-unsaturated/α-hetero) is 1. The third-order valence-corrected chi connectivity index (χ3v) is 5.53. The molecule has 2 aromatic rings. The standard InChI is InChI=1S/C24H27NO4/c1-3-28-18-8-6-17(7-9-18)13-22-23(27)19-10-11-21(26)20(24(19)29-22)15-25-12-4-5-16(2)14-25/h6-11,13,16,26H,3-5,12,14-15H2,1-2H3/b22-13-/t16-/m1/s1. The Hall–Kier alpha value is -2.79. The molecule has 0 bridgehead atoms. The molecule has 2 aromatic carbocycles. The van der Waals surface area contributed by atoms with Crippen molar-refractivity contribution in [3.05, 3.63) is 58.8 Å². The molecule has 1 atom stereocenters. The second-order valence-electron chi connectivity index (χ2n) is 7.86. The summed E-state index contributed by atoms with van der Waals surface area (Å²) >= 11 is 0. The van der Waals surface area contributed by atoms with Gasteiger partial charge in [-0.1, -0.05) is 19.1 Å². The van der Waals surface area contributed by atoms with Gasteiger partial charge in [-0.05, 0) is 68.1 Å². The van der Waals surface area contributed by atoms with E-state index in [0.717, 1.165) is 30.8 Å². The van der Waals surface area contributed by atoms with Crippen molar-refractivity contribution in [1.82, 2.24) is 4.90 Å². The number of allylic oxidation sites excluding steroid dienone is 1. The zero-order valence-electron chi connectivity index (χ0n) is 17.0. The summed E-state index contributed by atoms with van der Waals surface area (Å²) in [6, 6.07) is 10.8. The summed E-state index contributed by atoms with van der Waals surface area (Å²) in [6.07, 6.45) is 4.13. The Balaban J connectivity index is 1.58. The van der Waals surface area contributed by atoms with Crippen molar-refractivity contribution in [3.63, 3.8) is 0 Å². The summed E-state index contributed by atoms with van der Waals surface area (Å²) in [7, 11) is 0. The number of likely N-dealkylation sites (tertiary alicyclic amines) is 1. The summed E-state index contributed by atoms with van der Waals surface area (Å²) in [6.45, 7) is 7.37. The number of carbonyl (C=O) groups excluding carboxylic acids is 1. The number of piperidine rings is 1. The Bertz CT molecular complexity index is 933. The molecule has 0 unspecified atom stereocenters. The largest absolute Gasteiger partial charge is 0.507 e. The monoisotopic (exact) mass is 393 g/mol. The molecule has 0 aromatic heterocycles. The van der Waals surface area contributed by atoms with E-state index >= 15 is 0 Å². The van der Waals surface area contributed by atoms with Crippen LogP contribution in [-0.4, -0.2) is 35.5 Å². The number of benzene rings is 2. The highest BCUT2D eigenvalue weighted by Crippen LogP contribution is 2.40. The number of ketones is 1. The smallest absolute Gasteiger partial charge is 0.231 e. The van der Waals surface area contributed by atoms with Gasteiger partial charge in [0.2, 0.25) is 5.78 Å². The molecule has 0 aliphatic carbocycles. The van der Waals surface area contributed by atoms with Crippen molar-refractivity contribution in [2.75, 3.05) is 19.7 Å². The van der Waals surface area contributed by atoms with Gasteiger partial charge >= 0.3 is 0 Å². The van der Waals surface area contributed by atoms with Crippen LogP contribution in [0.2, 0.25) is 0 Å². The number of phenols is 1. The number of hydrogen-bond acceptors (Lipinski definition) is 5. The number of fused-ring (bicyclic) bond motifs is 1. The molecule has 0 spiro atoms. The molecule has 152 valence electrons. The SMILES string of the molecule is CCOc1ccc(/C=C2\Oc3c(ccc(O)c3CN3CCC[C@@H](C)C3)C2=O)cc1. The molecule has 1 N–H and O–H groups in total. The average molecular weight is 393 g/mol. The summed E-state index contributed by atoms with van der Waals surface area (Å²) in [5.74, 6) is 2.23. The zero-order chi connectivity index (χ0) is 20.4. The number of hydrogen-bond donors (Lipinski definition) is 1. The Morgan fingerprint density at radius 3 is 2.76 bits per heavy atom. The van der Waals surface area contributed by atoms with E-state index < -0.39 is 0 Å². The molecule has 5 nitrogen and oxygen atoms in total. The van der Waals surface area contributed by atoms with Crippen molar-refractivity contribution < 1.29 is 19.4 Å². The van der Waals surface area contributed by atoms with Gasteiger partial charge in [0, 0.05) is 13.1 Å². The number of carbonyl (C=O) groups is 1. The zero-order valence-corrected chi connectivity index (χ0v) is 17.0. The van der Waals surface area contributed by atoms with Crippen molar-refractivity contribution in [3.8, 4) is 17.2 Å². The van der Waals surface area contributed by atoms with Gasteiger partial charge in [-0.3, -0.25) is 9.69 Å². The maximum absolute atomic E-state index is 12.9. The van der Waals surface area contributed by atoms with Crippen molar-refractivity contribution >= 4 is 11.9 Å². The van der Waals surface area contributed by atoms with Gasteiger partial charge < -0.3 is 14.6 Å². The lowest BCUT2D eigenvalue weighted by atomic mass is 9.99. The fourth-order valence-electron chi connectivity index (χ4n) is 4.08. The number of rotatable bonds is 5. The number of ether oxygens (including phenoxy) is 2. The molecule has 0 radical (unpaired) electrons. The topological polar surface area (TPSA) is 59.0 Å². The van der Waals surface area contributed by atoms with Gasteiger partial charge in [0.25, 0.3) is 0 Å². The Labute approximate surface area is 171 Å². The molecule has 0 saturated carbocycles. The van der Waals surface area contributed by atoms with Gasteiger partial charge in [0.15, 0.2) is 5.76 Å². The summed E-state index contributed by atoms with van der Waals surface area (Å²) in [4.78, 5) is 15.2. The number of nitrogens with zero attached hydrogens (tertiary/aromatic N) is 1. The van der Waals surface area contributed by atoms with Crippen LogP contribution in [0.4, 0.5) is 0 Å². The van der Waals surface area contributed by atoms with Gasteiger partial charge in [0.05, 0.1) is 17.7 Å². The Kier molecular flexibility index (Phi) is 5.58. The molecule has 2 heterocycles. The van der Waals surface area contributed by atoms with Crippen LogP contribution in [0.3, 0.4) is 0 Å². The highest BCUT2D eigenvalue weighted by molar-refractivity contribution is 6.15. The molecule has 29 heavy (non-hydrogen) atoms. The van der Waals surface area contributed by atoms with E-state index in [4.69, 9.17) is 9.47 Å². The van der Waals surface area contributed by atoms with Crippen molar-refractivity contribution in [2.45, 2.75) is 33.2 Å². The summed E-state index contributed by atoms with van der Waals surface area (Å²) in [5, 5.41) is 10.5. The summed E-state index contributed by atoms with van der Waals surface area (Å²) in [5.41, 5.74) is 2.07. The van der Waals surface area contributed by atoms with E-state index in [1.807, 2.05) is 31.2 Å². The fraction of sp³-hybridized carbons (Fsp3) is 0.375. The molecule has 5 heteroatoms. The minimum Gasteiger partial charge on any atom is -0.507 e. The Morgan fingerprint density at radius 2 is 2.03 bits per heavy atom. The predicted octanol–water partition coefficient (Wildman–Crippen LogP) is 4.64.